The molecular formula is C24H26ClN3O4. The minimum absolute atomic E-state index is 0.151. The minimum Gasteiger partial charge on any atom is -0.494 e. The number of ether oxygens (including phenoxy) is 3. The van der Waals surface area contributed by atoms with Gasteiger partial charge in [0.1, 0.15) is 23.1 Å². The molecule has 0 atom stereocenters. The number of aromatic nitrogens is 2. The highest BCUT2D eigenvalue weighted by molar-refractivity contribution is 6.30. The second kappa shape index (κ2) is 8.74. The van der Waals surface area contributed by atoms with E-state index < -0.39 is 5.60 Å². The van der Waals surface area contributed by atoms with Crippen molar-refractivity contribution in [1.82, 2.24) is 14.7 Å². The highest BCUT2D eigenvalue weighted by Crippen LogP contribution is 2.32. The van der Waals surface area contributed by atoms with Crippen LogP contribution in [-0.4, -0.2) is 52.7 Å². The SMILES string of the molecule is COc1ccccc1-n1nc(OC2CN(C(=O)OC(C)(C)C)C2)cc1-c1ccc(Cl)cc1. The molecule has 0 radical (unpaired) electrons. The van der Waals surface area contributed by atoms with Gasteiger partial charge in [-0.25, -0.2) is 9.48 Å². The van der Waals surface area contributed by atoms with Gasteiger partial charge in [-0.1, -0.05) is 35.9 Å². The molecule has 0 N–H and O–H groups in total. The molecule has 1 aliphatic heterocycles. The first-order valence-corrected chi connectivity index (χ1v) is 10.8. The number of benzene rings is 2. The van der Waals surface area contributed by atoms with Crippen molar-refractivity contribution in [2.24, 2.45) is 0 Å². The summed E-state index contributed by atoms with van der Waals surface area (Å²) in [5, 5.41) is 5.34. The minimum atomic E-state index is -0.524. The second-order valence-corrected chi connectivity index (χ2v) is 9.02. The summed E-state index contributed by atoms with van der Waals surface area (Å²) in [5.74, 6) is 1.16. The van der Waals surface area contributed by atoms with Crippen LogP contribution in [0.3, 0.4) is 0 Å². The number of hydrogen-bond acceptors (Lipinski definition) is 5. The Morgan fingerprint density at radius 3 is 2.44 bits per heavy atom. The van der Waals surface area contributed by atoms with Crippen molar-refractivity contribution in [3.63, 3.8) is 0 Å². The number of methoxy groups -OCH3 is 1. The zero-order valence-corrected chi connectivity index (χ0v) is 19.3. The van der Waals surface area contributed by atoms with Gasteiger partial charge < -0.3 is 19.1 Å². The van der Waals surface area contributed by atoms with E-state index in [0.717, 1.165) is 16.9 Å². The summed E-state index contributed by atoms with van der Waals surface area (Å²) in [5.41, 5.74) is 2.04. The third-order valence-electron chi connectivity index (χ3n) is 4.93. The van der Waals surface area contributed by atoms with E-state index in [1.165, 1.54) is 0 Å². The van der Waals surface area contributed by atoms with Gasteiger partial charge in [0.05, 0.1) is 25.9 Å². The van der Waals surface area contributed by atoms with Crippen LogP contribution in [0.2, 0.25) is 5.02 Å². The normalized spacial score (nSPS) is 14.1. The molecule has 0 saturated carbocycles. The van der Waals surface area contributed by atoms with Crippen LogP contribution in [0.4, 0.5) is 4.79 Å². The lowest BCUT2D eigenvalue weighted by atomic mass is 10.1. The van der Waals surface area contributed by atoms with E-state index in [0.29, 0.717) is 29.7 Å². The summed E-state index contributed by atoms with van der Waals surface area (Å²) < 4.78 is 18.8. The number of halogens is 1. The lowest BCUT2D eigenvalue weighted by Gasteiger charge is -2.38. The van der Waals surface area contributed by atoms with Gasteiger partial charge in [0.25, 0.3) is 0 Å². The largest absolute Gasteiger partial charge is 0.494 e. The van der Waals surface area contributed by atoms with Gasteiger partial charge in [-0.15, -0.1) is 5.10 Å². The van der Waals surface area contributed by atoms with Crippen LogP contribution in [-0.2, 0) is 4.74 Å². The van der Waals surface area contributed by atoms with Gasteiger partial charge in [-0.2, -0.15) is 0 Å². The van der Waals surface area contributed by atoms with E-state index in [9.17, 15) is 4.79 Å². The number of carbonyl (C=O) groups excluding carboxylic acids is 1. The molecular weight excluding hydrogens is 430 g/mol. The zero-order valence-electron chi connectivity index (χ0n) is 18.5. The van der Waals surface area contributed by atoms with Crippen molar-refractivity contribution < 1.29 is 19.0 Å². The Morgan fingerprint density at radius 2 is 1.78 bits per heavy atom. The summed E-state index contributed by atoms with van der Waals surface area (Å²) >= 11 is 6.07. The van der Waals surface area contributed by atoms with Gasteiger partial charge in [0.15, 0.2) is 0 Å². The van der Waals surface area contributed by atoms with Gasteiger partial charge in [-0.3, -0.25) is 0 Å². The van der Waals surface area contributed by atoms with Crippen molar-refractivity contribution >= 4 is 17.7 Å². The van der Waals surface area contributed by atoms with Gasteiger partial charge >= 0.3 is 6.09 Å². The van der Waals surface area contributed by atoms with Crippen molar-refractivity contribution in [3.8, 4) is 28.6 Å². The van der Waals surface area contributed by atoms with Crippen molar-refractivity contribution in [2.75, 3.05) is 20.2 Å². The fourth-order valence-electron chi connectivity index (χ4n) is 3.39. The molecule has 1 saturated heterocycles. The average Bonchev–Trinajstić information content (AvgIpc) is 3.13. The van der Waals surface area contributed by atoms with E-state index in [4.69, 9.17) is 25.8 Å². The zero-order chi connectivity index (χ0) is 22.9. The molecule has 1 aromatic heterocycles. The number of rotatable bonds is 5. The molecule has 0 aliphatic carbocycles. The predicted octanol–water partition coefficient (Wildman–Crippen LogP) is 5.20. The van der Waals surface area contributed by atoms with Gasteiger partial charge in [0.2, 0.25) is 5.88 Å². The molecule has 4 rings (SSSR count). The number of amides is 1. The topological polar surface area (TPSA) is 65.8 Å². The van der Waals surface area contributed by atoms with Crippen molar-refractivity contribution in [3.05, 3.63) is 59.6 Å². The number of carbonyl (C=O) groups is 1. The molecule has 1 aliphatic rings. The molecule has 0 bridgehead atoms. The first-order chi connectivity index (χ1) is 15.2. The molecule has 3 aromatic rings. The monoisotopic (exact) mass is 455 g/mol. The highest BCUT2D eigenvalue weighted by Gasteiger charge is 2.35. The molecule has 168 valence electrons. The second-order valence-electron chi connectivity index (χ2n) is 8.58. The van der Waals surface area contributed by atoms with E-state index in [1.54, 1.807) is 16.7 Å². The molecule has 1 amide bonds. The Labute approximate surface area is 192 Å². The molecule has 8 heteroatoms. The quantitative estimate of drug-likeness (QED) is 0.529. The summed E-state index contributed by atoms with van der Waals surface area (Å²) in [6, 6.07) is 17.1. The van der Waals surface area contributed by atoms with Crippen LogP contribution in [0, 0.1) is 0 Å². The van der Waals surface area contributed by atoms with E-state index in [-0.39, 0.29) is 12.2 Å². The third-order valence-corrected chi connectivity index (χ3v) is 5.18. The Morgan fingerprint density at radius 1 is 1.09 bits per heavy atom. The maximum absolute atomic E-state index is 12.2. The number of para-hydroxylation sites is 2. The van der Waals surface area contributed by atoms with Crippen molar-refractivity contribution in [1.29, 1.82) is 0 Å². The average molecular weight is 456 g/mol. The Kier molecular flexibility index (Phi) is 6.02. The third kappa shape index (κ3) is 4.83. The summed E-state index contributed by atoms with van der Waals surface area (Å²) in [6.45, 7) is 6.45. The van der Waals surface area contributed by atoms with E-state index in [1.807, 2.05) is 75.4 Å². The Bertz CT molecular complexity index is 1100. The highest BCUT2D eigenvalue weighted by atomic mass is 35.5. The fraction of sp³-hybridized carbons (Fsp3) is 0.333. The van der Waals surface area contributed by atoms with Crippen LogP contribution >= 0.6 is 11.6 Å². The van der Waals surface area contributed by atoms with Crippen LogP contribution < -0.4 is 9.47 Å². The summed E-state index contributed by atoms with van der Waals surface area (Å²) in [4.78, 5) is 13.8. The first kappa shape index (κ1) is 22.0. The lowest BCUT2D eigenvalue weighted by Crippen LogP contribution is -2.57. The van der Waals surface area contributed by atoms with Crippen LogP contribution in [0.1, 0.15) is 20.8 Å². The lowest BCUT2D eigenvalue weighted by molar-refractivity contribution is -0.0233. The molecule has 0 spiro atoms. The standard InChI is InChI=1S/C24H26ClN3O4/c1-24(2,3)32-23(29)27-14-18(15-27)31-22-13-20(16-9-11-17(25)12-10-16)28(26-22)19-7-5-6-8-21(19)30-4/h5-13,18H,14-15H2,1-4H3. The number of likely N-dealkylation sites (tertiary alicyclic amines) is 1. The number of nitrogens with zero attached hydrogens (tertiary/aromatic N) is 3. The Balaban J connectivity index is 1.57. The van der Waals surface area contributed by atoms with Crippen LogP contribution in [0.15, 0.2) is 54.6 Å². The van der Waals surface area contributed by atoms with Gasteiger partial charge in [0, 0.05) is 16.7 Å². The van der Waals surface area contributed by atoms with E-state index >= 15 is 0 Å². The predicted molar refractivity (Wildman–Crippen MR) is 123 cm³/mol. The molecule has 0 unspecified atom stereocenters. The van der Waals surface area contributed by atoms with E-state index in [2.05, 4.69) is 5.10 Å². The smallest absolute Gasteiger partial charge is 0.410 e. The summed E-state index contributed by atoms with van der Waals surface area (Å²) in [7, 11) is 1.63. The van der Waals surface area contributed by atoms with Crippen LogP contribution in [0.5, 0.6) is 11.6 Å². The molecule has 1 fully saturated rings. The summed E-state index contributed by atoms with van der Waals surface area (Å²) in [6.07, 6.45) is -0.486. The molecule has 2 aromatic carbocycles. The first-order valence-electron chi connectivity index (χ1n) is 10.4. The molecule has 2 heterocycles. The maximum Gasteiger partial charge on any atom is 0.410 e. The fourth-order valence-corrected chi connectivity index (χ4v) is 3.52. The molecule has 7 nitrogen and oxygen atoms in total. The Hall–Kier alpha value is -3.19. The maximum atomic E-state index is 12.2. The van der Waals surface area contributed by atoms with Crippen LogP contribution in [0.25, 0.3) is 16.9 Å². The number of hydrogen-bond donors (Lipinski definition) is 0. The van der Waals surface area contributed by atoms with Gasteiger partial charge in [-0.05, 0) is 45.0 Å². The molecule has 32 heavy (non-hydrogen) atoms. The van der Waals surface area contributed by atoms with Crippen molar-refractivity contribution in [2.45, 2.75) is 32.5 Å².